The van der Waals surface area contributed by atoms with Crippen LogP contribution < -0.4 is 10.0 Å². The third-order valence-electron chi connectivity index (χ3n) is 2.52. The zero-order valence-electron chi connectivity index (χ0n) is 10.9. The van der Waals surface area contributed by atoms with Crippen LogP contribution in [0.2, 0.25) is 0 Å². The average Bonchev–Trinajstić information content (AvgIpc) is 2.72. The van der Waals surface area contributed by atoms with Crippen LogP contribution in [-0.4, -0.2) is 42.0 Å². The standard InChI is InChI=1S/C10H21N5O2S/c1-3-11-6-4-5-7-18(16,17)13-8-10-14-12-9-15(10)2/h9,11,13H,3-8H2,1-2H3. The molecule has 1 rings (SSSR count). The lowest BCUT2D eigenvalue weighted by Gasteiger charge is -2.06. The van der Waals surface area contributed by atoms with Crippen LogP contribution >= 0.6 is 0 Å². The zero-order valence-corrected chi connectivity index (χ0v) is 11.7. The van der Waals surface area contributed by atoms with Crippen molar-refractivity contribution in [3.05, 3.63) is 12.2 Å². The van der Waals surface area contributed by atoms with E-state index in [0.717, 1.165) is 19.5 Å². The van der Waals surface area contributed by atoms with Crippen LogP contribution in [0, 0.1) is 0 Å². The smallest absolute Gasteiger partial charge is 0.212 e. The van der Waals surface area contributed by atoms with Gasteiger partial charge < -0.3 is 9.88 Å². The summed E-state index contributed by atoms with van der Waals surface area (Å²) in [5.74, 6) is 0.752. The number of hydrogen-bond donors (Lipinski definition) is 2. The summed E-state index contributed by atoms with van der Waals surface area (Å²) in [6.07, 6.45) is 3.06. The number of hydrogen-bond acceptors (Lipinski definition) is 5. The fourth-order valence-electron chi connectivity index (χ4n) is 1.43. The van der Waals surface area contributed by atoms with E-state index in [1.54, 1.807) is 17.9 Å². The second-order valence-corrected chi connectivity index (χ2v) is 5.99. The summed E-state index contributed by atoms with van der Waals surface area (Å²) in [5.41, 5.74) is 0. The van der Waals surface area contributed by atoms with Crippen LogP contribution in [-0.2, 0) is 23.6 Å². The Kier molecular flexibility index (Phi) is 6.23. The van der Waals surface area contributed by atoms with Gasteiger partial charge in [-0.05, 0) is 25.9 Å². The third-order valence-corrected chi connectivity index (χ3v) is 3.93. The third kappa shape index (κ3) is 5.56. The van der Waals surface area contributed by atoms with Gasteiger partial charge in [-0.3, -0.25) is 0 Å². The minimum atomic E-state index is -3.22. The van der Waals surface area contributed by atoms with Crippen molar-refractivity contribution >= 4 is 10.0 Å². The van der Waals surface area contributed by atoms with Crippen LogP contribution in [0.15, 0.2) is 6.33 Å². The van der Waals surface area contributed by atoms with E-state index >= 15 is 0 Å². The topological polar surface area (TPSA) is 88.9 Å². The van der Waals surface area contributed by atoms with Crippen molar-refractivity contribution in [1.82, 2.24) is 24.8 Å². The van der Waals surface area contributed by atoms with E-state index in [4.69, 9.17) is 0 Å². The molecule has 1 aromatic heterocycles. The quantitative estimate of drug-likeness (QED) is 0.600. The number of nitrogens with one attached hydrogen (secondary N) is 2. The molecule has 18 heavy (non-hydrogen) atoms. The molecular formula is C10H21N5O2S. The van der Waals surface area contributed by atoms with Crippen molar-refractivity contribution < 1.29 is 8.42 Å². The molecule has 0 bridgehead atoms. The van der Waals surface area contributed by atoms with Crippen molar-refractivity contribution in [2.24, 2.45) is 7.05 Å². The fourth-order valence-corrected chi connectivity index (χ4v) is 2.51. The van der Waals surface area contributed by atoms with E-state index in [1.165, 1.54) is 0 Å². The summed E-state index contributed by atoms with van der Waals surface area (Å²) in [4.78, 5) is 0. The van der Waals surface area contributed by atoms with Crippen molar-refractivity contribution in [2.45, 2.75) is 26.3 Å². The van der Waals surface area contributed by atoms with Crippen molar-refractivity contribution in [1.29, 1.82) is 0 Å². The number of nitrogens with zero attached hydrogens (tertiary/aromatic N) is 3. The van der Waals surface area contributed by atoms with Gasteiger partial charge in [-0.25, -0.2) is 13.1 Å². The summed E-state index contributed by atoms with van der Waals surface area (Å²) in [7, 11) is -1.44. The summed E-state index contributed by atoms with van der Waals surface area (Å²) in [5, 5.41) is 10.7. The minimum Gasteiger partial charge on any atom is -0.320 e. The molecule has 7 nitrogen and oxygen atoms in total. The van der Waals surface area contributed by atoms with E-state index in [1.807, 2.05) is 6.92 Å². The fraction of sp³-hybridized carbons (Fsp3) is 0.800. The Bertz CT molecular complexity index is 443. The van der Waals surface area contributed by atoms with Crippen LogP contribution in [0.25, 0.3) is 0 Å². The molecule has 0 amide bonds. The van der Waals surface area contributed by atoms with Gasteiger partial charge in [0.2, 0.25) is 10.0 Å². The SMILES string of the molecule is CCNCCCCS(=O)(=O)NCc1nncn1C. The molecule has 104 valence electrons. The molecule has 0 radical (unpaired) electrons. The number of rotatable bonds is 9. The molecule has 0 aliphatic heterocycles. The molecule has 8 heteroatoms. The van der Waals surface area contributed by atoms with E-state index in [-0.39, 0.29) is 12.3 Å². The van der Waals surface area contributed by atoms with Crippen molar-refractivity contribution in [3.63, 3.8) is 0 Å². The molecule has 0 unspecified atom stereocenters. The highest BCUT2D eigenvalue weighted by molar-refractivity contribution is 7.89. The number of sulfonamides is 1. The van der Waals surface area contributed by atoms with Gasteiger partial charge in [0.05, 0.1) is 12.3 Å². The summed E-state index contributed by atoms with van der Waals surface area (Å²) < 4.78 is 27.6. The summed E-state index contributed by atoms with van der Waals surface area (Å²) in [6.45, 7) is 3.98. The Morgan fingerprint density at radius 1 is 1.39 bits per heavy atom. The lowest BCUT2D eigenvalue weighted by molar-refractivity contribution is 0.570. The van der Waals surface area contributed by atoms with Gasteiger partial charge in [0.15, 0.2) is 0 Å². The molecule has 1 heterocycles. The molecule has 0 aliphatic carbocycles. The maximum atomic E-state index is 11.7. The van der Waals surface area contributed by atoms with Crippen molar-refractivity contribution in [2.75, 3.05) is 18.8 Å². The van der Waals surface area contributed by atoms with Gasteiger partial charge >= 0.3 is 0 Å². The van der Waals surface area contributed by atoms with Gasteiger partial charge in [0.25, 0.3) is 0 Å². The van der Waals surface area contributed by atoms with Crippen LogP contribution in [0.3, 0.4) is 0 Å². The minimum absolute atomic E-state index is 0.149. The number of aryl methyl sites for hydroxylation is 1. The Hall–Kier alpha value is -0.990. The van der Waals surface area contributed by atoms with Crippen LogP contribution in [0.4, 0.5) is 0 Å². The van der Waals surface area contributed by atoms with Gasteiger partial charge in [0.1, 0.15) is 12.2 Å². The molecule has 0 aliphatic rings. The van der Waals surface area contributed by atoms with E-state index in [9.17, 15) is 8.42 Å². The largest absolute Gasteiger partial charge is 0.320 e. The molecule has 1 aromatic rings. The van der Waals surface area contributed by atoms with Gasteiger partial charge in [-0.2, -0.15) is 0 Å². The molecule has 0 atom stereocenters. The predicted molar refractivity (Wildman–Crippen MR) is 69.4 cm³/mol. The van der Waals surface area contributed by atoms with Gasteiger partial charge in [-0.15, -0.1) is 10.2 Å². The lowest BCUT2D eigenvalue weighted by Crippen LogP contribution is -2.27. The van der Waals surface area contributed by atoms with E-state index in [2.05, 4.69) is 20.2 Å². The highest BCUT2D eigenvalue weighted by Gasteiger charge is 2.11. The van der Waals surface area contributed by atoms with E-state index in [0.29, 0.717) is 12.2 Å². The molecule has 0 spiro atoms. The monoisotopic (exact) mass is 275 g/mol. The Balaban J connectivity index is 2.25. The number of unbranched alkanes of at least 4 members (excludes halogenated alkanes) is 1. The molecular weight excluding hydrogens is 254 g/mol. The van der Waals surface area contributed by atoms with E-state index < -0.39 is 10.0 Å². The molecule has 0 fully saturated rings. The van der Waals surface area contributed by atoms with Crippen LogP contribution in [0.5, 0.6) is 0 Å². The second-order valence-electron chi connectivity index (χ2n) is 4.06. The summed E-state index contributed by atoms with van der Waals surface area (Å²) in [6, 6.07) is 0. The molecule has 2 N–H and O–H groups in total. The first-order valence-electron chi connectivity index (χ1n) is 6.06. The average molecular weight is 275 g/mol. The zero-order chi connectivity index (χ0) is 13.4. The molecule has 0 saturated carbocycles. The first-order valence-corrected chi connectivity index (χ1v) is 7.71. The first kappa shape index (κ1) is 15.1. The second kappa shape index (κ2) is 7.45. The summed E-state index contributed by atoms with van der Waals surface area (Å²) >= 11 is 0. The predicted octanol–water partition coefficient (Wildman–Crippen LogP) is -0.376. The Labute approximate surface area is 108 Å². The maximum absolute atomic E-state index is 11.7. The molecule has 0 saturated heterocycles. The highest BCUT2D eigenvalue weighted by atomic mass is 32.2. The first-order chi connectivity index (χ1) is 8.55. The van der Waals surface area contributed by atoms with Crippen molar-refractivity contribution in [3.8, 4) is 0 Å². The Morgan fingerprint density at radius 3 is 2.78 bits per heavy atom. The molecule has 0 aromatic carbocycles. The number of aromatic nitrogens is 3. The lowest BCUT2D eigenvalue weighted by atomic mass is 10.3. The normalized spacial score (nSPS) is 11.9. The van der Waals surface area contributed by atoms with Gasteiger partial charge in [-0.1, -0.05) is 6.92 Å². The Morgan fingerprint density at radius 2 is 2.17 bits per heavy atom. The highest BCUT2D eigenvalue weighted by Crippen LogP contribution is 1.97. The maximum Gasteiger partial charge on any atom is 0.212 e. The van der Waals surface area contributed by atoms with Crippen LogP contribution in [0.1, 0.15) is 25.6 Å². The van der Waals surface area contributed by atoms with Gasteiger partial charge in [0, 0.05) is 7.05 Å².